The number of carboxylic acid groups (broad SMARTS) is 1. The summed E-state index contributed by atoms with van der Waals surface area (Å²) in [5.41, 5.74) is 0.611. The van der Waals surface area contributed by atoms with E-state index in [1.54, 1.807) is 30.3 Å². The number of carbonyl (C=O) groups excluding carboxylic acids is 2. The Kier molecular flexibility index (Phi) is 6.99. The molecule has 1 amide bonds. The normalized spacial score (nSPS) is 17.5. The molecule has 0 unspecified atom stereocenters. The molecule has 32 heavy (non-hydrogen) atoms. The second kappa shape index (κ2) is 9.86. The second-order valence-electron chi connectivity index (χ2n) is 7.41. The summed E-state index contributed by atoms with van der Waals surface area (Å²) in [6.45, 7) is 0.178. The minimum atomic E-state index is -0.907. The van der Waals surface area contributed by atoms with Crippen LogP contribution in [-0.4, -0.2) is 44.2 Å². The summed E-state index contributed by atoms with van der Waals surface area (Å²) in [7, 11) is 0. The van der Waals surface area contributed by atoms with Crippen LogP contribution in [0.5, 0.6) is 0 Å². The molecule has 1 heterocycles. The lowest BCUT2D eigenvalue weighted by Crippen LogP contribution is -2.30. The van der Waals surface area contributed by atoms with Crippen molar-refractivity contribution >= 4 is 29.1 Å². The van der Waals surface area contributed by atoms with Gasteiger partial charge in [-0.2, -0.15) is 0 Å². The molecule has 9 heteroatoms. The highest BCUT2D eigenvalue weighted by molar-refractivity contribution is 6.46. The number of ketones is 1. The highest BCUT2D eigenvalue weighted by atomic mass is 16.6. The van der Waals surface area contributed by atoms with Gasteiger partial charge in [-0.25, -0.2) is 0 Å². The van der Waals surface area contributed by atoms with Gasteiger partial charge in [-0.05, 0) is 30.5 Å². The fourth-order valence-electron chi connectivity index (χ4n) is 3.72. The number of aliphatic hydroxyl groups excluding tert-OH is 1. The number of rotatable bonds is 9. The van der Waals surface area contributed by atoms with Crippen LogP contribution in [0, 0.1) is 10.1 Å². The van der Waals surface area contributed by atoms with E-state index in [-0.39, 0.29) is 30.0 Å². The lowest BCUT2D eigenvalue weighted by molar-refractivity contribution is -0.384. The van der Waals surface area contributed by atoms with Crippen molar-refractivity contribution in [1.82, 2.24) is 4.90 Å². The Balaban J connectivity index is 1.98. The molecule has 0 aromatic heterocycles. The first kappa shape index (κ1) is 22.7. The molecule has 0 radical (unpaired) electrons. The summed E-state index contributed by atoms with van der Waals surface area (Å²) in [6.07, 6.45) is 1.46. The number of amides is 1. The third-order valence-electron chi connectivity index (χ3n) is 5.30. The van der Waals surface area contributed by atoms with Crippen molar-refractivity contribution in [3.05, 3.63) is 81.4 Å². The maximum absolute atomic E-state index is 12.9. The Morgan fingerprint density at radius 1 is 0.969 bits per heavy atom. The van der Waals surface area contributed by atoms with Crippen LogP contribution in [0.1, 0.15) is 42.9 Å². The zero-order chi connectivity index (χ0) is 23.3. The number of non-ortho nitro benzene ring substituents is 1. The van der Waals surface area contributed by atoms with Gasteiger partial charge in [0.05, 0.1) is 16.5 Å². The van der Waals surface area contributed by atoms with E-state index in [4.69, 9.17) is 5.11 Å². The van der Waals surface area contributed by atoms with Gasteiger partial charge < -0.3 is 15.1 Å². The van der Waals surface area contributed by atoms with Gasteiger partial charge in [0.25, 0.3) is 17.4 Å². The van der Waals surface area contributed by atoms with Crippen LogP contribution in [0.3, 0.4) is 0 Å². The van der Waals surface area contributed by atoms with Crippen LogP contribution in [0.2, 0.25) is 0 Å². The van der Waals surface area contributed by atoms with Gasteiger partial charge in [0, 0.05) is 30.7 Å². The number of nitro benzene ring substituents is 1. The number of Topliss-reactive ketones (excluding diaryl/α,β-unsaturated/α-hetero) is 1. The Hall–Kier alpha value is -4.01. The van der Waals surface area contributed by atoms with Crippen LogP contribution in [0.25, 0.3) is 5.76 Å². The molecule has 0 bridgehead atoms. The van der Waals surface area contributed by atoms with Crippen LogP contribution in [-0.2, 0) is 14.4 Å². The monoisotopic (exact) mass is 438 g/mol. The minimum absolute atomic E-state index is 0.0125. The molecule has 1 aliphatic heterocycles. The molecule has 3 rings (SSSR count). The summed E-state index contributed by atoms with van der Waals surface area (Å²) in [4.78, 5) is 48.2. The number of carbonyl (C=O) groups is 3. The quantitative estimate of drug-likeness (QED) is 0.152. The third-order valence-corrected chi connectivity index (χ3v) is 5.30. The fourth-order valence-corrected chi connectivity index (χ4v) is 3.72. The topological polar surface area (TPSA) is 138 Å². The van der Waals surface area contributed by atoms with Crippen molar-refractivity contribution in [2.45, 2.75) is 31.7 Å². The highest BCUT2D eigenvalue weighted by Gasteiger charge is 2.45. The molecule has 2 aromatic rings. The summed E-state index contributed by atoms with van der Waals surface area (Å²) < 4.78 is 0. The average molecular weight is 438 g/mol. The molecule has 2 aromatic carbocycles. The number of carboxylic acids is 1. The van der Waals surface area contributed by atoms with Gasteiger partial charge in [-0.3, -0.25) is 24.5 Å². The molecule has 1 aliphatic rings. The molecule has 9 nitrogen and oxygen atoms in total. The molecule has 1 fully saturated rings. The van der Waals surface area contributed by atoms with Crippen molar-refractivity contribution in [1.29, 1.82) is 0 Å². The molecule has 1 saturated heterocycles. The lowest BCUT2D eigenvalue weighted by atomic mass is 9.95. The van der Waals surface area contributed by atoms with Gasteiger partial charge in [0.2, 0.25) is 0 Å². The van der Waals surface area contributed by atoms with Gasteiger partial charge in [-0.15, -0.1) is 0 Å². The Morgan fingerprint density at radius 3 is 2.22 bits per heavy atom. The number of hydrogen-bond acceptors (Lipinski definition) is 6. The molecule has 1 atom stereocenters. The Morgan fingerprint density at radius 2 is 1.62 bits per heavy atom. The molecule has 0 aliphatic carbocycles. The number of benzene rings is 2. The zero-order valence-electron chi connectivity index (χ0n) is 17.1. The number of aliphatic hydroxyl groups is 1. The fraction of sp³-hybridized carbons (Fsp3) is 0.261. The number of likely N-dealkylation sites (tertiary alicyclic amines) is 1. The summed E-state index contributed by atoms with van der Waals surface area (Å²) in [6, 6.07) is 12.9. The van der Waals surface area contributed by atoms with E-state index in [1.165, 1.54) is 29.2 Å². The van der Waals surface area contributed by atoms with Crippen molar-refractivity contribution in [2.75, 3.05) is 6.54 Å². The Labute approximate surface area is 183 Å². The van der Waals surface area contributed by atoms with E-state index in [0.29, 0.717) is 30.4 Å². The van der Waals surface area contributed by atoms with Crippen molar-refractivity contribution < 1.29 is 29.5 Å². The van der Waals surface area contributed by atoms with E-state index < -0.39 is 28.6 Å². The van der Waals surface area contributed by atoms with Crippen LogP contribution in [0.15, 0.2) is 60.2 Å². The third kappa shape index (κ3) is 4.83. The molecule has 166 valence electrons. The molecular formula is C23H22N2O7. The summed E-state index contributed by atoms with van der Waals surface area (Å²) in [5, 5.41) is 30.7. The molecule has 2 N–H and O–H groups in total. The van der Waals surface area contributed by atoms with E-state index in [2.05, 4.69) is 0 Å². The molecule has 0 saturated carbocycles. The molecule has 0 spiro atoms. The maximum Gasteiger partial charge on any atom is 0.303 e. The average Bonchev–Trinajstić information content (AvgIpc) is 3.03. The van der Waals surface area contributed by atoms with Crippen molar-refractivity contribution in [3.63, 3.8) is 0 Å². The predicted octanol–water partition coefficient (Wildman–Crippen LogP) is 3.66. The Bertz CT molecular complexity index is 1060. The van der Waals surface area contributed by atoms with Crippen LogP contribution >= 0.6 is 0 Å². The van der Waals surface area contributed by atoms with Crippen molar-refractivity contribution in [3.8, 4) is 0 Å². The molecular weight excluding hydrogens is 416 g/mol. The number of unbranched alkanes of at least 4 members (excludes halogenated alkanes) is 2. The van der Waals surface area contributed by atoms with E-state index in [0.717, 1.165) is 0 Å². The standard InChI is InChI=1S/C23H22N2O7/c26-18(27)9-5-2-6-14-24-20(15-10-12-17(13-11-15)25(31)32)19(22(29)23(24)30)21(28)16-7-3-1-4-8-16/h1,3-4,7-8,10-13,20,28H,2,5-6,9,14H2,(H,26,27)/b21-19+/t20-/m0/s1. The summed E-state index contributed by atoms with van der Waals surface area (Å²) in [5.74, 6) is -2.83. The van der Waals surface area contributed by atoms with Crippen LogP contribution in [0.4, 0.5) is 5.69 Å². The zero-order valence-corrected chi connectivity index (χ0v) is 17.1. The van der Waals surface area contributed by atoms with Gasteiger partial charge in [0.15, 0.2) is 0 Å². The maximum atomic E-state index is 12.9. The van der Waals surface area contributed by atoms with Crippen molar-refractivity contribution in [2.24, 2.45) is 0 Å². The van der Waals surface area contributed by atoms with E-state index in [1.807, 2.05) is 0 Å². The summed E-state index contributed by atoms with van der Waals surface area (Å²) >= 11 is 0. The predicted molar refractivity (Wildman–Crippen MR) is 115 cm³/mol. The second-order valence-corrected chi connectivity index (χ2v) is 7.41. The lowest BCUT2D eigenvalue weighted by Gasteiger charge is -2.25. The first-order valence-corrected chi connectivity index (χ1v) is 10.1. The minimum Gasteiger partial charge on any atom is -0.507 e. The highest BCUT2D eigenvalue weighted by Crippen LogP contribution is 2.39. The SMILES string of the molecule is O=C(O)CCCCCN1C(=O)C(=O)/C(=C(/O)c2ccccc2)[C@@H]1c1ccc([N+](=O)[O-])cc1. The van der Waals surface area contributed by atoms with Crippen LogP contribution < -0.4 is 0 Å². The first-order valence-electron chi connectivity index (χ1n) is 10.1. The van der Waals surface area contributed by atoms with Gasteiger partial charge in [-0.1, -0.05) is 36.8 Å². The smallest absolute Gasteiger partial charge is 0.303 e. The number of aliphatic carboxylic acids is 1. The number of hydrogen-bond donors (Lipinski definition) is 2. The van der Waals surface area contributed by atoms with E-state index in [9.17, 15) is 29.6 Å². The largest absolute Gasteiger partial charge is 0.507 e. The van der Waals surface area contributed by atoms with Gasteiger partial charge in [0.1, 0.15) is 5.76 Å². The van der Waals surface area contributed by atoms with E-state index >= 15 is 0 Å². The van der Waals surface area contributed by atoms with Gasteiger partial charge >= 0.3 is 5.97 Å². The number of nitrogens with zero attached hydrogens (tertiary/aromatic N) is 2. The first-order chi connectivity index (χ1) is 15.3. The number of nitro groups is 1.